The molecule has 2 aliphatic heterocycles. The van der Waals surface area contributed by atoms with Crippen LogP contribution >= 0.6 is 0 Å². The third kappa shape index (κ3) is 4.48. The number of rotatable bonds is 5. The number of piperazine rings is 1. The van der Waals surface area contributed by atoms with E-state index in [0.29, 0.717) is 5.91 Å². The molecule has 1 aromatic rings. The van der Waals surface area contributed by atoms with E-state index >= 15 is 0 Å². The topological polar surface area (TPSA) is 42.0 Å². The predicted molar refractivity (Wildman–Crippen MR) is 93.3 cm³/mol. The van der Waals surface area contributed by atoms with Crippen molar-refractivity contribution in [3.8, 4) is 5.75 Å². The first-order valence-corrected chi connectivity index (χ1v) is 8.98. The smallest absolute Gasteiger partial charge is 0.225 e. The molecule has 0 spiro atoms. The van der Waals surface area contributed by atoms with Crippen molar-refractivity contribution >= 4 is 5.91 Å². The summed E-state index contributed by atoms with van der Waals surface area (Å²) in [6, 6.07) is 8.28. The summed E-state index contributed by atoms with van der Waals surface area (Å²) in [4.78, 5) is 17.1. The summed E-state index contributed by atoms with van der Waals surface area (Å²) < 4.78 is 10.5. The van der Waals surface area contributed by atoms with Gasteiger partial charge in [0.2, 0.25) is 5.91 Å². The van der Waals surface area contributed by atoms with E-state index in [1.54, 1.807) is 7.11 Å². The normalized spacial score (nSPS) is 20.1. The number of nitrogens with zero attached hydrogens (tertiary/aromatic N) is 2. The monoisotopic (exact) mass is 332 g/mol. The Bertz CT molecular complexity index is 518. The first-order valence-electron chi connectivity index (χ1n) is 8.98. The number of carbonyl (C=O) groups is 1. The van der Waals surface area contributed by atoms with E-state index in [1.165, 1.54) is 5.56 Å². The summed E-state index contributed by atoms with van der Waals surface area (Å²) >= 11 is 0. The van der Waals surface area contributed by atoms with Crippen molar-refractivity contribution in [2.75, 3.05) is 53.0 Å². The molecule has 1 amide bonds. The molecule has 24 heavy (non-hydrogen) atoms. The maximum atomic E-state index is 12.5. The summed E-state index contributed by atoms with van der Waals surface area (Å²) in [7, 11) is 1.69. The molecular formula is C19H28N2O3. The number of benzene rings is 1. The minimum atomic E-state index is 0.185. The van der Waals surface area contributed by atoms with Gasteiger partial charge in [-0.2, -0.15) is 0 Å². The first kappa shape index (κ1) is 17.2. The van der Waals surface area contributed by atoms with Gasteiger partial charge in [0.15, 0.2) is 0 Å². The van der Waals surface area contributed by atoms with Gasteiger partial charge in [-0.25, -0.2) is 0 Å². The van der Waals surface area contributed by atoms with Crippen LogP contribution in [0.1, 0.15) is 18.4 Å². The van der Waals surface area contributed by atoms with Gasteiger partial charge in [0.25, 0.3) is 0 Å². The molecule has 0 atom stereocenters. The summed E-state index contributed by atoms with van der Waals surface area (Å²) in [5.41, 5.74) is 1.33. The van der Waals surface area contributed by atoms with E-state index in [0.717, 1.165) is 70.9 Å². The van der Waals surface area contributed by atoms with Crippen molar-refractivity contribution < 1.29 is 14.3 Å². The summed E-state index contributed by atoms with van der Waals surface area (Å²) in [5.74, 6) is 1.43. The molecule has 0 saturated carbocycles. The lowest BCUT2D eigenvalue weighted by Gasteiger charge is -2.37. The Kier molecular flexibility index (Phi) is 6.10. The Hall–Kier alpha value is -1.59. The van der Waals surface area contributed by atoms with Crippen LogP contribution < -0.4 is 4.74 Å². The molecule has 5 nitrogen and oxygen atoms in total. The maximum absolute atomic E-state index is 12.5. The number of amides is 1. The van der Waals surface area contributed by atoms with Crippen LogP contribution in [0, 0.1) is 5.92 Å². The maximum Gasteiger partial charge on any atom is 0.225 e. The van der Waals surface area contributed by atoms with Crippen molar-refractivity contribution in [2.24, 2.45) is 5.92 Å². The minimum absolute atomic E-state index is 0.185. The fourth-order valence-electron chi connectivity index (χ4n) is 3.47. The molecule has 0 aromatic heterocycles. The third-order valence-corrected chi connectivity index (χ3v) is 5.13. The van der Waals surface area contributed by atoms with Crippen molar-refractivity contribution in [3.05, 3.63) is 29.8 Å². The van der Waals surface area contributed by atoms with Gasteiger partial charge >= 0.3 is 0 Å². The quantitative estimate of drug-likeness (QED) is 0.825. The molecule has 0 unspecified atom stereocenters. The van der Waals surface area contributed by atoms with Gasteiger partial charge in [-0.1, -0.05) is 12.1 Å². The Labute approximate surface area is 144 Å². The molecule has 2 saturated heterocycles. The lowest BCUT2D eigenvalue weighted by molar-refractivity contribution is -0.140. The Morgan fingerprint density at radius 1 is 1.12 bits per heavy atom. The van der Waals surface area contributed by atoms with E-state index in [4.69, 9.17) is 9.47 Å². The molecule has 0 bridgehead atoms. The van der Waals surface area contributed by atoms with E-state index in [-0.39, 0.29) is 5.92 Å². The van der Waals surface area contributed by atoms with Gasteiger partial charge in [-0.05, 0) is 37.0 Å². The van der Waals surface area contributed by atoms with Gasteiger partial charge in [0.1, 0.15) is 5.75 Å². The third-order valence-electron chi connectivity index (χ3n) is 5.13. The Morgan fingerprint density at radius 3 is 2.42 bits per heavy atom. The summed E-state index contributed by atoms with van der Waals surface area (Å²) in [6.07, 6.45) is 2.81. The van der Waals surface area contributed by atoms with Crippen molar-refractivity contribution in [1.82, 2.24) is 9.80 Å². The van der Waals surface area contributed by atoms with Crippen LogP contribution in [0.2, 0.25) is 0 Å². The molecule has 5 heteroatoms. The van der Waals surface area contributed by atoms with Crippen LogP contribution in [0.25, 0.3) is 0 Å². The number of ether oxygens (including phenoxy) is 2. The standard InChI is InChI=1S/C19H28N2O3/c1-23-18-4-2-16(3-5-18)6-9-20-10-12-21(13-11-20)19(22)17-7-14-24-15-8-17/h2-5,17H,6-15H2,1H3. The number of methoxy groups -OCH3 is 1. The van der Waals surface area contributed by atoms with Crippen LogP contribution in [-0.4, -0.2) is 68.8 Å². The van der Waals surface area contributed by atoms with Gasteiger partial charge in [0.05, 0.1) is 7.11 Å². The minimum Gasteiger partial charge on any atom is -0.497 e. The molecule has 2 heterocycles. The average Bonchev–Trinajstić information content (AvgIpc) is 2.67. The van der Waals surface area contributed by atoms with Crippen LogP contribution in [-0.2, 0) is 16.0 Å². The van der Waals surface area contributed by atoms with Gasteiger partial charge in [-0.3, -0.25) is 9.69 Å². The zero-order chi connectivity index (χ0) is 16.8. The molecule has 2 aliphatic rings. The highest BCUT2D eigenvalue weighted by Crippen LogP contribution is 2.19. The van der Waals surface area contributed by atoms with Gasteiger partial charge < -0.3 is 14.4 Å². The zero-order valence-electron chi connectivity index (χ0n) is 14.6. The van der Waals surface area contributed by atoms with Crippen LogP contribution in [0.4, 0.5) is 0 Å². The number of hydrogen-bond donors (Lipinski definition) is 0. The lowest BCUT2D eigenvalue weighted by atomic mass is 9.98. The summed E-state index contributed by atoms with van der Waals surface area (Å²) in [6.45, 7) is 6.19. The van der Waals surface area contributed by atoms with E-state index in [9.17, 15) is 4.79 Å². The fraction of sp³-hybridized carbons (Fsp3) is 0.632. The van der Waals surface area contributed by atoms with E-state index < -0.39 is 0 Å². The molecule has 132 valence electrons. The van der Waals surface area contributed by atoms with Crippen LogP contribution in [0.15, 0.2) is 24.3 Å². The number of hydrogen-bond acceptors (Lipinski definition) is 4. The highest BCUT2D eigenvalue weighted by atomic mass is 16.5. The second kappa shape index (κ2) is 8.49. The van der Waals surface area contributed by atoms with Crippen molar-refractivity contribution in [1.29, 1.82) is 0 Å². The second-order valence-corrected chi connectivity index (χ2v) is 6.65. The second-order valence-electron chi connectivity index (χ2n) is 6.65. The zero-order valence-corrected chi connectivity index (χ0v) is 14.6. The van der Waals surface area contributed by atoms with Gasteiger partial charge in [0, 0.05) is 51.9 Å². The average molecular weight is 332 g/mol. The molecule has 3 rings (SSSR count). The van der Waals surface area contributed by atoms with Crippen molar-refractivity contribution in [3.63, 3.8) is 0 Å². The fourth-order valence-corrected chi connectivity index (χ4v) is 3.47. The highest BCUT2D eigenvalue weighted by molar-refractivity contribution is 5.79. The molecular weight excluding hydrogens is 304 g/mol. The molecule has 0 N–H and O–H groups in total. The lowest BCUT2D eigenvalue weighted by Crippen LogP contribution is -2.51. The molecule has 0 aliphatic carbocycles. The van der Waals surface area contributed by atoms with E-state index in [1.807, 2.05) is 12.1 Å². The van der Waals surface area contributed by atoms with Crippen molar-refractivity contribution in [2.45, 2.75) is 19.3 Å². The largest absolute Gasteiger partial charge is 0.497 e. The molecule has 0 radical (unpaired) electrons. The molecule has 1 aromatic carbocycles. The van der Waals surface area contributed by atoms with Gasteiger partial charge in [-0.15, -0.1) is 0 Å². The highest BCUT2D eigenvalue weighted by Gasteiger charge is 2.28. The predicted octanol–water partition coefficient (Wildman–Crippen LogP) is 1.81. The molecule has 2 fully saturated rings. The Morgan fingerprint density at radius 2 is 1.79 bits per heavy atom. The van der Waals surface area contributed by atoms with Crippen LogP contribution in [0.3, 0.4) is 0 Å². The van der Waals surface area contributed by atoms with E-state index in [2.05, 4.69) is 21.9 Å². The Balaban J connectivity index is 1.40. The first-order chi connectivity index (χ1) is 11.8. The van der Waals surface area contributed by atoms with Crippen LogP contribution in [0.5, 0.6) is 5.75 Å². The summed E-state index contributed by atoms with van der Waals surface area (Å²) in [5, 5.41) is 0. The SMILES string of the molecule is COc1ccc(CCN2CCN(C(=O)C3CCOCC3)CC2)cc1. The number of carbonyl (C=O) groups excluding carboxylic acids is 1.